The molecule has 2 heterocycles. The Morgan fingerprint density at radius 1 is 1.29 bits per heavy atom. The van der Waals surface area contributed by atoms with Crippen LogP contribution in [0.25, 0.3) is 5.69 Å². The van der Waals surface area contributed by atoms with E-state index in [1.165, 1.54) is 10.7 Å². The highest BCUT2D eigenvalue weighted by Gasteiger charge is 2.29. The Morgan fingerprint density at radius 3 is 2.58 bits per heavy atom. The van der Waals surface area contributed by atoms with Gasteiger partial charge in [-0.05, 0) is 12.1 Å². The molecule has 0 unspecified atom stereocenters. The Kier molecular flexibility index (Phi) is 4.03. The number of nitrogens with zero attached hydrogens (tertiary/aromatic N) is 3. The van der Waals surface area contributed by atoms with Crippen LogP contribution in [0.4, 0.5) is 0 Å². The van der Waals surface area contributed by atoms with Crippen molar-refractivity contribution in [1.82, 2.24) is 20.0 Å². The average Bonchev–Trinajstić information content (AvgIpc) is 3.13. The lowest BCUT2D eigenvalue weighted by molar-refractivity contribution is -0.126. The highest BCUT2D eigenvalue weighted by atomic mass is 16.4. The lowest BCUT2D eigenvalue weighted by Crippen LogP contribution is -2.37. The summed E-state index contributed by atoms with van der Waals surface area (Å²) in [5, 5.41) is 15.9. The van der Waals surface area contributed by atoms with Crippen molar-refractivity contribution in [2.75, 3.05) is 13.6 Å². The van der Waals surface area contributed by atoms with Crippen molar-refractivity contribution in [2.24, 2.45) is 0 Å². The fourth-order valence-corrected chi connectivity index (χ4v) is 2.63. The van der Waals surface area contributed by atoms with E-state index in [-0.39, 0.29) is 29.8 Å². The fraction of sp³-hybridized carbons (Fsp3) is 0.250. The molecule has 3 rings (SSSR count). The smallest absolute Gasteiger partial charge is 0.356 e. The summed E-state index contributed by atoms with van der Waals surface area (Å²) in [6, 6.07) is 9.72. The second kappa shape index (κ2) is 6.15. The van der Waals surface area contributed by atoms with Crippen molar-refractivity contribution in [2.45, 2.75) is 12.5 Å². The molecule has 0 saturated carbocycles. The number of hydrogen-bond donors (Lipinski definition) is 2. The van der Waals surface area contributed by atoms with Crippen molar-refractivity contribution >= 4 is 17.8 Å². The van der Waals surface area contributed by atoms with E-state index in [9.17, 15) is 14.4 Å². The van der Waals surface area contributed by atoms with Gasteiger partial charge in [0.2, 0.25) is 5.91 Å². The normalized spacial score (nSPS) is 17.1. The molecule has 2 amide bonds. The molecule has 1 aromatic carbocycles. The number of likely N-dealkylation sites (tertiary alicyclic amines) is 1. The standard InChI is InChI=1S/C16H16N4O4/c1-19-9-10(7-14(19)21)17-15(22)13-8-12(16(23)24)18-20(13)11-5-3-2-4-6-11/h2-6,8,10H,7,9H2,1H3,(H,17,22)(H,23,24)/t10-/m0/s1. The maximum absolute atomic E-state index is 12.5. The molecule has 1 aliphatic heterocycles. The van der Waals surface area contributed by atoms with Crippen LogP contribution < -0.4 is 5.32 Å². The zero-order chi connectivity index (χ0) is 17.3. The highest BCUT2D eigenvalue weighted by molar-refractivity contribution is 5.97. The van der Waals surface area contributed by atoms with E-state index in [0.717, 1.165) is 0 Å². The number of para-hydroxylation sites is 1. The van der Waals surface area contributed by atoms with Crippen LogP contribution in [0.1, 0.15) is 27.4 Å². The summed E-state index contributed by atoms with van der Waals surface area (Å²) in [5.74, 6) is -1.72. The lowest BCUT2D eigenvalue weighted by atomic mass is 10.2. The second-order valence-electron chi connectivity index (χ2n) is 5.62. The monoisotopic (exact) mass is 328 g/mol. The third kappa shape index (κ3) is 2.98. The predicted octanol–water partition coefficient (Wildman–Crippen LogP) is 0.531. The maximum Gasteiger partial charge on any atom is 0.356 e. The number of rotatable bonds is 4. The summed E-state index contributed by atoms with van der Waals surface area (Å²) in [6.07, 6.45) is 0.230. The van der Waals surface area contributed by atoms with Crippen LogP contribution in [0, 0.1) is 0 Å². The van der Waals surface area contributed by atoms with Crippen LogP contribution in [0.2, 0.25) is 0 Å². The Morgan fingerprint density at radius 2 is 2.00 bits per heavy atom. The molecule has 24 heavy (non-hydrogen) atoms. The highest BCUT2D eigenvalue weighted by Crippen LogP contribution is 2.15. The molecule has 2 N–H and O–H groups in total. The van der Waals surface area contributed by atoms with Crippen molar-refractivity contribution in [3.05, 3.63) is 47.8 Å². The molecule has 0 bridgehead atoms. The van der Waals surface area contributed by atoms with E-state index in [1.807, 2.05) is 6.07 Å². The van der Waals surface area contributed by atoms with Crippen molar-refractivity contribution in [1.29, 1.82) is 0 Å². The van der Waals surface area contributed by atoms with Crippen LogP contribution in [0.3, 0.4) is 0 Å². The van der Waals surface area contributed by atoms with E-state index in [0.29, 0.717) is 12.2 Å². The number of benzene rings is 1. The molecule has 0 radical (unpaired) electrons. The number of aromatic carboxylic acids is 1. The van der Waals surface area contributed by atoms with Gasteiger partial charge < -0.3 is 15.3 Å². The van der Waals surface area contributed by atoms with Gasteiger partial charge in [-0.25, -0.2) is 9.48 Å². The van der Waals surface area contributed by atoms with Crippen LogP contribution >= 0.6 is 0 Å². The van der Waals surface area contributed by atoms with Crippen molar-refractivity contribution in [3.8, 4) is 5.69 Å². The second-order valence-corrected chi connectivity index (χ2v) is 5.62. The zero-order valence-electron chi connectivity index (χ0n) is 13.0. The quantitative estimate of drug-likeness (QED) is 0.852. The van der Waals surface area contributed by atoms with Gasteiger partial charge in [0.25, 0.3) is 5.91 Å². The first-order valence-corrected chi connectivity index (χ1v) is 7.39. The van der Waals surface area contributed by atoms with Gasteiger partial charge in [0.15, 0.2) is 5.69 Å². The molecular weight excluding hydrogens is 312 g/mol. The van der Waals surface area contributed by atoms with Gasteiger partial charge in [0.05, 0.1) is 11.7 Å². The number of hydrogen-bond acceptors (Lipinski definition) is 4. The summed E-state index contributed by atoms with van der Waals surface area (Å²) in [5.41, 5.74) is 0.471. The summed E-state index contributed by atoms with van der Waals surface area (Å²) in [6.45, 7) is 0.426. The number of carboxylic acids is 1. The fourth-order valence-electron chi connectivity index (χ4n) is 2.63. The molecule has 1 saturated heterocycles. The van der Waals surface area contributed by atoms with Crippen LogP contribution in [0.15, 0.2) is 36.4 Å². The van der Waals surface area contributed by atoms with Gasteiger partial charge in [-0.2, -0.15) is 5.10 Å². The molecule has 8 nitrogen and oxygen atoms in total. The first-order chi connectivity index (χ1) is 11.5. The number of amides is 2. The molecule has 8 heteroatoms. The molecule has 0 aliphatic carbocycles. The van der Waals surface area contributed by atoms with E-state index in [4.69, 9.17) is 5.11 Å². The van der Waals surface area contributed by atoms with Crippen molar-refractivity contribution in [3.63, 3.8) is 0 Å². The summed E-state index contributed by atoms with van der Waals surface area (Å²) >= 11 is 0. The molecule has 1 fully saturated rings. The molecule has 2 aromatic rings. The minimum Gasteiger partial charge on any atom is -0.476 e. The minimum atomic E-state index is -1.21. The van der Waals surface area contributed by atoms with E-state index in [1.54, 1.807) is 36.2 Å². The van der Waals surface area contributed by atoms with Gasteiger partial charge in [0, 0.05) is 26.1 Å². The predicted molar refractivity (Wildman–Crippen MR) is 84.0 cm³/mol. The minimum absolute atomic E-state index is 0.0388. The van der Waals surface area contributed by atoms with E-state index >= 15 is 0 Å². The Balaban J connectivity index is 1.90. The molecule has 0 spiro atoms. The topological polar surface area (TPSA) is 105 Å². The first kappa shape index (κ1) is 15.7. The third-order valence-electron chi connectivity index (χ3n) is 3.84. The van der Waals surface area contributed by atoms with Gasteiger partial charge in [-0.3, -0.25) is 9.59 Å². The van der Waals surface area contributed by atoms with Crippen LogP contribution in [-0.4, -0.2) is 57.2 Å². The molecule has 1 aliphatic rings. The number of carbonyl (C=O) groups is 3. The third-order valence-corrected chi connectivity index (χ3v) is 3.84. The number of aromatic nitrogens is 2. The molecule has 124 valence electrons. The Hall–Kier alpha value is -3.16. The summed E-state index contributed by atoms with van der Waals surface area (Å²) in [7, 11) is 1.67. The largest absolute Gasteiger partial charge is 0.476 e. The van der Waals surface area contributed by atoms with Gasteiger partial charge in [0.1, 0.15) is 5.69 Å². The number of carboxylic acid groups (broad SMARTS) is 1. The lowest BCUT2D eigenvalue weighted by Gasteiger charge is -2.13. The Labute approximate surface area is 137 Å². The summed E-state index contributed by atoms with van der Waals surface area (Å²) in [4.78, 5) is 36.8. The molecule has 1 aromatic heterocycles. The number of nitrogens with one attached hydrogen (secondary N) is 1. The van der Waals surface area contributed by atoms with E-state index in [2.05, 4.69) is 10.4 Å². The average molecular weight is 328 g/mol. The first-order valence-electron chi connectivity index (χ1n) is 7.39. The SMILES string of the molecule is CN1C[C@@H](NC(=O)c2cc(C(=O)O)nn2-c2ccccc2)CC1=O. The van der Waals surface area contributed by atoms with Crippen LogP contribution in [-0.2, 0) is 4.79 Å². The van der Waals surface area contributed by atoms with Gasteiger partial charge in [-0.1, -0.05) is 18.2 Å². The maximum atomic E-state index is 12.5. The van der Waals surface area contributed by atoms with Gasteiger partial charge in [-0.15, -0.1) is 0 Å². The zero-order valence-corrected chi connectivity index (χ0v) is 13.0. The Bertz CT molecular complexity index is 800. The molecule has 1 atom stereocenters. The molecular formula is C16H16N4O4. The van der Waals surface area contributed by atoms with E-state index < -0.39 is 11.9 Å². The van der Waals surface area contributed by atoms with Crippen LogP contribution in [0.5, 0.6) is 0 Å². The number of carbonyl (C=O) groups excluding carboxylic acids is 2. The number of likely N-dealkylation sites (N-methyl/N-ethyl adjacent to an activating group) is 1. The summed E-state index contributed by atoms with van der Waals surface area (Å²) < 4.78 is 1.29. The van der Waals surface area contributed by atoms with Crippen molar-refractivity contribution < 1.29 is 19.5 Å². The van der Waals surface area contributed by atoms with Gasteiger partial charge >= 0.3 is 5.97 Å².